The highest BCUT2D eigenvalue weighted by Crippen LogP contribution is 2.35. The molecular formula is C13H14BrFN2. The van der Waals surface area contributed by atoms with Crippen LogP contribution in [0.4, 0.5) is 4.39 Å². The third-order valence-corrected chi connectivity index (χ3v) is 4.28. The Bertz CT molecular complexity index is 544. The van der Waals surface area contributed by atoms with Gasteiger partial charge in [0.15, 0.2) is 0 Å². The van der Waals surface area contributed by atoms with Gasteiger partial charge in [0.2, 0.25) is 0 Å². The van der Waals surface area contributed by atoms with E-state index in [0.717, 1.165) is 28.5 Å². The molecule has 1 aromatic heterocycles. The molecule has 2 nitrogen and oxygen atoms in total. The monoisotopic (exact) mass is 296 g/mol. The summed E-state index contributed by atoms with van der Waals surface area (Å²) in [5.41, 5.74) is 2.07. The van der Waals surface area contributed by atoms with Crippen molar-refractivity contribution >= 4 is 26.8 Å². The molecule has 0 aliphatic carbocycles. The van der Waals surface area contributed by atoms with E-state index in [1.165, 1.54) is 24.6 Å². The van der Waals surface area contributed by atoms with Crippen molar-refractivity contribution < 1.29 is 4.39 Å². The third-order valence-electron chi connectivity index (χ3n) is 3.43. The van der Waals surface area contributed by atoms with E-state index in [1.807, 2.05) is 6.07 Å². The molecule has 1 saturated heterocycles. The standard InChI is InChI=1S/C13H14BrFN2/c14-12-10-4-3-9(15)6-11(10)17-13(12)8-2-1-5-16-7-8/h3-4,6,8,16-17H,1-2,5,7H2. The minimum Gasteiger partial charge on any atom is -0.357 e. The first kappa shape index (κ1) is 11.2. The van der Waals surface area contributed by atoms with E-state index in [1.54, 1.807) is 6.07 Å². The summed E-state index contributed by atoms with van der Waals surface area (Å²) in [6, 6.07) is 4.88. The number of rotatable bonds is 1. The Hall–Kier alpha value is -0.870. The largest absolute Gasteiger partial charge is 0.357 e. The number of aromatic nitrogens is 1. The number of hydrogen-bond donors (Lipinski definition) is 2. The number of hydrogen-bond acceptors (Lipinski definition) is 1. The van der Waals surface area contributed by atoms with Crippen LogP contribution in [0.3, 0.4) is 0 Å². The fraction of sp³-hybridized carbons (Fsp3) is 0.385. The van der Waals surface area contributed by atoms with Crippen molar-refractivity contribution in [3.05, 3.63) is 34.2 Å². The fourth-order valence-corrected chi connectivity index (χ4v) is 3.30. The van der Waals surface area contributed by atoms with Gasteiger partial charge in [0.25, 0.3) is 0 Å². The summed E-state index contributed by atoms with van der Waals surface area (Å²) >= 11 is 3.63. The molecular weight excluding hydrogens is 283 g/mol. The fourth-order valence-electron chi connectivity index (χ4n) is 2.54. The molecule has 2 heterocycles. The van der Waals surface area contributed by atoms with Gasteiger partial charge in [-0.05, 0) is 53.5 Å². The van der Waals surface area contributed by atoms with Crippen LogP contribution in [-0.4, -0.2) is 18.1 Å². The molecule has 4 heteroatoms. The molecule has 2 N–H and O–H groups in total. The van der Waals surface area contributed by atoms with Gasteiger partial charge in [0.1, 0.15) is 5.82 Å². The van der Waals surface area contributed by atoms with E-state index in [9.17, 15) is 4.39 Å². The molecule has 1 aliphatic rings. The maximum Gasteiger partial charge on any atom is 0.125 e. The summed E-state index contributed by atoms with van der Waals surface area (Å²) in [4.78, 5) is 3.35. The normalized spacial score (nSPS) is 20.9. The molecule has 1 aromatic carbocycles. The zero-order valence-corrected chi connectivity index (χ0v) is 11.0. The van der Waals surface area contributed by atoms with Gasteiger partial charge >= 0.3 is 0 Å². The molecule has 3 rings (SSSR count). The Kier molecular flexibility index (Phi) is 2.92. The van der Waals surface area contributed by atoms with E-state index >= 15 is 0 Å². The Labute approximate surface area is 108 Å². The van der Waals surface area contributed by atoms with Crippen molar-refractivity contribution in [3.63, 3.8) is 0 Å². The Morgan fingerprint density at radius 2 is 2.24 bits per heavy atom. The van der Waals surface area contributed by atoms with Crippen LogP contribution in [-0.2, 0) is 0 Å². The van der Waals surface area contributed by atoms with Crippen LogP contribution >= 0.6 is 15.9 Å². The molecule has 2 aromatic rings. The van der Waals surface area contributed by atoms with Gasteiger partial charge in [0, 0.05) is 33.5 Å². The third kappa shape index (κ3) is 2.00. The SMILES string of the molecule is Fc1ccc2c(Br)c(C3CCCNC3)[nH]c2c1. The number of halogens is 2. The van der Waals surface area contributed by atoms with Gasteiger partial charge in [-0.25, -0.2) is 4.39 Å². The van der Waals surface area contributed by atoms with E-state index in [0.29, 0.717) is 5.92 Å². The average Bonchev–Trinajstić information content (AvgIpc) is 2.67. The quantitative estimate of drug-likeness (QED) is 0.828. The maximum atomic E-state index is 13.2. The van der Waals surface area contributed by atoms with E-state index in [2.05, 4.69) is 26.2 Å². The average molecular weight is 297 g/mol. The molecule has 0 saturated carbocycles. The smallest absolute Gasteiger partial charge is 0.125 e. The molecule has 1 fully saturated rings. The number of benzene rings is 1. The molecule has 0 bridgehead atoms. The number of aromatic amines is 1. The second-order valence-corrected chi connectivity index (χ2v) is 5.38. The van der Waals surface area contributed by atoms with E-state index < -0.39 is 0 Å². The second kappa shape index (κ2) is 4.42. The van der Waals surface area contributed by atoms with Crippen molar-refractivity contribution in [1.82, 2.24) is 10.3 Å². The Morgan fingerprint density at radius 3 is 3.00 bits per heavy atom. The second-order valence-electron chi connectivity index (χ2n) is 4.59. The van der Waals surface area contributed by atoms with Gasteiger partial charge in [-0.2, -0.15) is 0 Å². The van der Waals surface area contributed by atoms with Crippen LogP contribution < -0.4 is 5.32 Å². The Morgan fingerprint density at radius 1 is 1.35 bits per heavy atom. The Balaban J connectivity index is 2.07. The molecule has 1 atom stereocenters. The number of piperidine rings is 1. The highest BCUT2D eigenvalue weighted by molar-refractivity contribution is 9.10. The first-order valence-electron chi connectivity index (χ1n) is 5.93. The first-order valence-corrected chi connectivity index (χ1v) is 6.72. The molecule has 17 heavy (non-hydrogen) atoms. The highest BCUT2D eigenvalue weighted by atomic mass is 79.9. The minimum absolute atomic E-state index is 0.195. The van der Waals surface area contributed by atoms with Gasteiger partial charge in [0.05, 0.1) is 0 Å². The van der Waals surface area contributed by atoms with E-state index in [-0.39, 0.29) is 5.82 Å². The lowest BCUT2D eigenvalue weighted by Crippen LogP contribution is -2.28. The van der Waals surface area contributed by atoms with Crippen LogP contribution in [0.5, 0.6) is 0 Å². The summed E-state index contributed by atoms with van der Waals surface area (Å²) in [5.74, 6) is 0.299. The van der Waals surface area contributed by atoms with Crippen molar-refractivity contribution in [2.24, 2.45) is 0 Å². The number of H-pyrrole nitrogens is 1. The molecule has 90 valence electrons. The van der Waals surface area contributed by atoms with Gasteiger partial charge < -0.3 is 10.3 Å². The van der Waals surface area contributed by atoms with E-state index in [4.69, 9.17) is 0 Å². The zero-order valence-electron chi connectivity index (χ0n) is 9.39. The molecule has 1 unspecified atom stereocenters. The maximum absolute atomic E-state index is 13.2. The lowest BCUT2D eigenvalue weighted by Gasteiger charge is -2.22. The van der Waals surface area contributed by atoms with Crippen LogP contribution in [0.2, 0.25) is 0 Å². The lowest BCUT2D eigenvalue weighted by atomic mass is 9.96. The van der Waals surface area contributed by atoms with Crippen LogP contribution in [0.1, 0.15) is 24.5 Å². The number of fused-ring (bicyclic) bond motifs is 1. The summed E-state index contributed by atoms with van der Waals surface area (Å²) in [5, 5.41) is 4.46. The van der Waals surface area contributed by atoms with Gasteiger partial charge in [-0.1, -0.05) is 0 Å². The predicted octanol–water partition coefficient (Wildman–Crippen LogP) is 3.54. The summed E-state index contributed by atoms with van der Waals surface area (Å²) in [6.45, 7) is 2.09. The number of nitrogens with one attached hydrogen (secondary N) is 2. The summed E-state index contributed by atoms with van der Waals surface area (Å²) in [6.07, 6.45) is 2.38. The first-order chi connectivity index (χ1) is 8.25. The molecule has 0 amide bonds. The zero-order chi connectivity index (χ0) is 11.8. The molecule has 1 aliphatic heterocycles. The topological polar surface area (TPSA) is 27.8 Å². The molecule has 0 radical (unpaired) electrons. The van der Waals surface area contributed by atoms with Crippen molar-refractivity contribution in [2.75, 3.05) is 13.1 Å². The van der Waals surface area contributed by atoms with Crippen LogP contribution in [0, 0.1) is 5.82 Å². The minimum atomic E-state index is -0.195. The predicted molar refractivity (Wildman–Crippen MR) is 70.8 cm³/mol. The van der Waals surface area contributed by atoms with Crippen LogP contribution in [0.15, 0.2) is 22.7 Å². The molecule has 0 spiro atoms. The summed E-state index contributed by atoms with van der Waals surface area (Å²) < 4.78 is 14.3. The van der Waals surface area contributed by atoms with Crippen molar-refractivity contribution in [3.8, 4) is 0 Å². The highest BCUT2D eigenvalue weighted by Gasteiger charge is 2.20. The van der Waals surface area contributed by atoms with Crippen LogP contribution in [0.25, 0.3) is 10.9 Å². The van der Waals surface area contributed by atoms with Gasteiger partial charge in [-0.3, -0.25) is 0 Å². The summed E-state index contributed by atoms with van der Waals surface area (Å²) in [7, 11) is 0. The van der Waals surface area contributed by atoms with Gasteiger partial charge in [-0.15, -0.1) is 0 Å². The van der Waals surface area contributed by atoms with Crippen molar-refractivity contribution in [2.45, 2.75) is 18.8 Å². The lowest BCUT2D eigenvalue weighted by molar-refractivity contribution is 0.455. The van der Waals surface area contributed by atoms with Crippen molar-refractivity contribution in [1.29, 1.82) is 0 Å².